The van der Waals surface area contributed by atoms with Gasteiger partial charge in [-0.1, -0.05) is 18.2 Å². The summed E-state index contributed by atoms with van der Waals surface area (Å²) in [5, 5.41) is 6.53. The number of piperazine rings is 1. The molecular formula is C24H39N5O3. The molecule has 1 atom stereocenters. The Morgan fingerprint density at radius 3 is 2.72 bits per heavy atom. The van der Waals surface area contributed by atoms with Crippen LogP contribution in [0.5, 0.6) is 0 Å². The number of benzene rings is 1. The van der Waals surface area contributed by atoms with Crippen LogP contribution < -0.4 is 15.5 Å². The van der Waals surface area contributed by atoms with Crippen molar-refractivity contribution < 1.29 is 14.3 Å². The van der Waals surface area contributed by atoms with Gasteiger partial charge in [0.1, 0.15) is 0 Å². The van der Waals surface area contributed by atoms with Gasteiger partial charge in [-0.3, -0.25) is 9.79 Å². The van der Waals surface area contributed by atoms with Crippen LogP contribution in [0.2, 0.25) is 0 Å². The Bertz CT molecular complexity index is 686. The fourth-order valence-corrected chi connectivity index (χ4v) is 3.96. The van der Waals surface area contributed by atoms with Crippen LogP contribution in [0.3, 0.4) is 0 Å². The summed E-state index contributed by atoms with van der Waals surface area (Å²) in [6.07, 6.45) is 2.46. The molecule has 1 aromatic carbocycles. The average Bonchev–Trinajstić information content (AvgIpc) is 3.35. The first-order valence-electron chi connectivity index (χ1n) is 12.0. The maximum atomic E-state index is 12.6. The highest BCUT2D eigenvalue weighted by Gasteiger charge is 2.21. The van der Waals surface area contributed by atoms with E-state index in [2.05, 4.69) is 44.8 Å². The fourth-order valence-electron chi connectivity index (χ4n) is 3.96. The highest BCUT2D eigenvalue weighted by Crippen LogP contribution is 2.16. The van der Waals surface area contributed by atoms with Crippen molar-refractivity contribution in [2.75, 3.05) is 77.1 Å². The molecule has 3 rings (SSSR count). The molecule has 0 aromatic heterocycles. The van der Waals surface area contributed by atoms with Gasteiger partial charge in [0.05, 0.1) is 13.2 Å². The molecule has 1 amide bonds. The summed E-state index contributed by atoms with van der Waals surface area (Å²) in [4.78, 5) is 21.5. The Kier molecular flexibility index (Phi) is 10.6. The van der Waals surface area contributed by atoms with Gasteiger partial charge in [0.2, 0.25) is 5.91 Å². The van der Waals surface area contributed by atoms with Crippen LogP contribution in [0.1, 0.15) is 26.2 Å². The number of rotatable bonds is 11. The van der Waals surface area contributed by atoms with Crippen LogP contribution in [0.25, 0.3) is 0 Å². The van der Waals surface area contributed by atoms with E-state index in [9.17, 15) is 4.79 Å². The summed E-state index contributed by atoms with van der Waals surface area (Å²) in [5.41, 5.74) is 1.23. The summed E-state index contributed by atoms with van der Waals surface area (Å²) < 4.78 is 11.1. The summed E-state index contributed by atoms with van der Waals surface area (Å²) >= 11 is 0. The number of hydrogen-bond donors (Lipinski definition) is 2. The minimum absolute atomic E-state index is 0.199. The Morgan fingerprint density at radius 2 is 2.00 bits per heavy atom. The molecule has 32 heavy (non-hydrogen) atoms. The number of guanidine groups is 1. The molecule has 8 nitrogen and oxygen atoms in total. The Morgan fingerprint density at radius 1 is 1.19 bits per heavy atom. The van der Waals surface area contributed by atoms with E-state index in [1.165, 1.54) is 5.69 Å². The zero-order chi connectivity index (χ0) is 22.4. The zero-order valence-electron chi connectivity index (χ0n) is 19.4. The van der Waals surface area contributed by atoms with Crippen LogP contribution in [0.15, 0.2) is 35.3 Å². The molecule has 2 saturated heterocycles. The van der Waals surface area contributed by atoms with Crippen molar-refractivity contribution in [3.63, 3.8) is 0 Å². The summed E-state index contributed by atoms with van der Waals surface area (Å²) in [6, 6.07) is 10.4. The lowest BCUT2D eigenvalue weighted by Crippen LogP contribution is -2.49. The maximum absolute atomic E-state index is 12.6. The van der Waals surface area contributed by atoms with E-state index in [1.807, 2.05) is 17.9 Å². The predicted molar refractivity (Wildman–Crippen MR) is 128 cm³/mol. The molecule has 2 N–H and O–H groups in total. The number of nitrogens with one attached hydrogen (secondary N) is 2. The van der Waals surface area contributed by atoms with Crippen LogP contribution in [-0.2, 0) is 14.3 Å². The first-order chi connectivity index (χ1) is 15.8. The van der Waals surface area contributed by atoms with E-state index in [-0.39, 0.29) is 5.91 Å². The smallest absolute Gasteiger partial charge is 0.224 e. The third-order valence-corrected chi connectivity index (χ3v) is 5.82. The van der Waals surface area contributed by atoms with Crippen molar-refractivity contribution in [2.24, 2.45) is 10.9 Å². The lowest BCUT2D eigenvalue weighted by atomic mass is 10.1. The summed E-state index contributed by atoms with van der Waals surface area (Å²) in [5.74, 6) is 1.51. The van der Waals surface area contributed by atoms with Gasteiger partial charge in [-0.2, -0.15) is 0 Å². The molecule has 2 aliphatic heterocycles. The van der Waals surface area contributed by atoms with Gasteiger partial charge in [-0.25, -0.2) is 0 Å². The number of carbonyl (C=O) groups excluding carboxylic acids is 1. The third-order valence-electron chi connectivity index (χ3n) is 5.82. The van der Waals surface area contributed by atoms with Crippen molar-refractivity contribution in [1.82, 2.24) is 15.5 Å². The van der Waals surface area contributed by atoms with Crippen LogP contribution in [0, 0.1) is 5.92 Å². The molecule has 8 heteroatoms. The SMILES string of the molecule is CCNC(=NCCCOCC1CCOC1)NCCC(=O)N1CCN(c2ccccc2)CC1. The number of carbonyl (C=O) groups is 1. The Labute approximate surface area is 192 Å². The van der Waals surface area contributed by atoms with E-state index in [4.69, 9.17) is 9.47 Å². The van der Waals surface area contributed by atoms with Gasteiger partial charge in [0, 0.05) is 77.1 Å². The molecule has 2 heterocycles. The molecular weight excluding hydrogens is 406 g/mol. The molecule has 1 unspecified atom stereocenters. The third kappa shape index (κ3) is 8.31. The topological polar surface area (TPSA) is 78.4 Å². The first-order valence-corrected chi connectivity index (χ1v) is 12.0. The van der Waals surface area contributed by atoms with Crippen molar-refractivity contribution in [1.29, 1.82) is 0 Å². The van der Waals surface area contributed by atoms with E-state index in [1.54, 1.807) is 0 Å². The summed E-state index contributed by atoms with van der Waals surface area (Å²) in [7, 11) is 0. The number of para-hydroxylation sites is 1. The highest BCUT2D eigenvalue weighted by atomic mass is 16.5. The molecule has 0 bridgehead atoms. The van der Waals surface area contributed by atoms with Crippen LogP contribution in [-0.4, -0.2) is 89.0 Å². The molecule has 178 valence electrons. The quantitative estimate of drug-likeness (QED) is 0.307. The lowest BCUT2D eigenvalue weighted by molar-refractivity contribution is -0.131. The number of hydrogen-bond acceptors (Lipinski definition) is 5. The number of nitrogens with zero attached hydrogens (tertiary/aromatic N) is 3. The molecule has 2 aliphatic rings. The molecule has 0 saturated carbocycles. The van der Waals surface area contributed by atoms with Crippen LogP contribution >= 0.6 is 0 Å². The van der Waals surface area contributed by atoms with Crippen molar-refractivity contribution in [3.8, 4) is 0 Å². The Balaban J connectivity index is 1.28. The van der Waals surface area contributed by atoms with Gasteiger partial charge >= 0.3 is 0 Å². The fraction of sp³-hybridized carbons (Fsp3) is 0.667. The van der Waals surface area contributed by atoms with Crippen LogP contribution in [0.4, 0.5) is 5.69 Å². The first kappa shape index (κ1) is 24.3. The average molecular weight is 446 g/mol. The minimum Gasteiger partial charge on any atom is -0.381 e. The van der Waals surface area contributed by atoms with Gasteiger partial charge < -0.3 is 29.9 Å². The molecule has 0 radical (unpaired) electrons. The molecule has 2 fully saturated rings. The van der Waals surface area contributed by atoms with Gasteiger partial charge in [0.25, 0.3) is 0 Å². The standard InChI is InChI=1S/C24H39N5O3/c1-2-25-24(26-11-6-17-31-19-21-10-18-32-20-21)27-12-9-23(30)29-15-13-28(14-16-29)22-7-4-3-5-8-22/h3-5,7-8,21H,2,6,9-20H2,1H3,(H2,25,26,27). The van der Waals surface area contributed by atoms with Gasteiger partial charge in [0.15, 0.2) is 5.96 Å². The van der Waals surface area contributed by atoms with Crippen molar-refractivity contribution in [2.45, 2.75) is 26.2 Å². The monoisotopic (exact) mass is 445 g/mol. The lowest BCUT2D eigenvalue weighted by Gasteiger charge is -2.36. The van der Waals surface area contributed by atoms with E-state index >= 15 is 0 Å². The molecule has 0 spiro atoms. The second kappa shape index (κ2) is 14.0. The number of ether oxygens (including phenoxy) is 2. The number of amides is 1. The van der Waals surface area contributed by atoms with Crippen molar-refractivity contribution in [3.05, 3.63) is 30.3 Å². The molecule has 1 aromatic rings. The van der Waals surface area contributed by atoms with Crippen molar-refractivity contribution >= 4 is 17.6 Å². The van der Waals surface area contributed by atoms with E-state index < -0.39 is 0 Å². The number of anilines is 1. The second-order valence-corrected chi connectivity index (χ2v) is 8.30. The Hall–Kier alpha value is -2.32. The van der Waals surface area contributed by atoms with E-state index in [0.717, 1.165) is 71.3 Å². The second-order valence-electron chi connectivity index (χ2n) is 8.30. The predicted octanol–water partition coefficient (Wildman–Crippen LogP) is 1.72. The highest BCUT2D eigenvalue weighted by molar-refractivity contribution is 5.81. The van der Waals surface area contributed by atoms with E-state index in [0.29, 0.717) is 32.0 Å². The number of aliphatic imine (C=N–C) groups is 1. The largest absolute Gasteiger partial charge is 0.381 e. The van der Waals surface area contributed by atoms with Gasteiger partial charge in [-0.15, -0.1) is 0 Å². The minimum atomic E-state index is 0.199. The normalized spacial score (nSPS) is 19.3. The molecule has 0 aliphatic carbocycles. The van der Waals surface area contributed by atoms with Gasteiger partial charge in [-0.05, 0) is 31.9 Å². The zero-order valence-corrected chi connectivity index (χ0v) is 19.4. The summed E-state index contributed by atoms with van der Waals surface area (Å²) in [6.45, 7) is 10.6. The maximum Gasteiger partial charge on any atom is 0.224 e.